The zero-order valence-electron chi connectivity index (χ0n) is 14.2. The first kappa shape index (κ1) is 16.7. The Hall–Kier alpha value is -1.76. The molecule has 1 atom stereocenters. The summed E-state index contributed by atoms with van der Waals surface area (Å²) in [6.07, 6.45) is 0.730. The second kappa shape index (κ2) is 6.20. The minimum absolute atomic E-state index is 0.0528. The summed E-state index contributed by atoms with van der Waals surface area (Å²) < 4.78 is 27.5. The normalized spacial score (nSPS) is 17.8. The lowest BCUT2D eigenvalue weighted by atomic mass is 10.1. The molecule has 0 saturated carbocycles. The van der Waals surface area contributed by atoms with Crippen molar-refractivity contribution in [1.82, 2.24) is 9.29 Å². The van der Waals surface area contributed by atoms with Crippen LogP contribution in [0.3, 0.4) is 0 Å². The van der Waals surface area contributed by atoms with Crippen molar-refractivity contribution in [2.45, 2.75) is 29.3 Å². The van der Waals surface area contributed by atoms with Crippen molar-refractivity contribution in [3.63, 3.8) is 0 Å². The van der Waals surface area contributed by atoms with Crippen LogP contribution in [0.2, 0.25) is 0 Å². The largest absolute Gasteiger partial charge is 0.349 e. The number of thioether (sulfide) groups is 1. The van der Waals surface area contributed by atoms with Gasteiger partial charge in [0.2, 0.25) is 10.0 Å². The number of hydrogen-bond donors (Lipinski definition) is 1. The van der Waals surface area contributed by atoms with Gasteiger partial charge in [-0.05, 0) is 37.1 Å². The lowest BCUT2D eigenvalue weighted by molar-refractivity contribution is 0.388. The lowest BCUT2D eigenvalue weighted by Gasteiger charge is -2.30. The Morgan fingerprint density at radius 3 is 2.60 bits per heavy atom. The number of benzene rings is 2. The number of para-hydroxylation sites is 1. The third-order valence-corrected chi connectivity index (χ3v) is 7.96. The van der Waals surface area contributed by atoms with E-state index in [1.165, 1.54) is 20.3 Å². The fraction of sp³-hybridized carbons (Fsp3) is 0.263. The minimum Gasteiger partial charge on any atom is -0.349 e. The highest BCUT2D eigenvalue weighted by Crippen LogP contribution is 2.37. The van der Waals surface area contributed by atoms with Crippen LogP contribution < -0.4 is 0 Å². The van der Waals surface area contributed by atoms with E-state index in [9.17, 15) is 8.42 Å². The minimum atomic E-state index is -3.48. The van der Waals surface area contributed by atoms with Crippen molar-refractivity contribution in [1.29, 1.82) is 0 Å². The average Bonchev–Trinajstić information content (AvgIpc) is 2.99. The Morgan fingerprint density at radius 1 is 1.12 bits per heavy atom. The maximum absolute atomic E-state index is 13.0. The summed E-state index contributed by atoms with van der Waals surface area (Å²) in [6, 6.07) is 15.2. The number of nitrogens with zero attached hydrogens (tertiary/aromatic N) is 1. The van der Waals surface area contributed by atoms with Crippen LogP contribution in [0.5, 0.6) is 0 Å². The molecule has 0 bridgehead atoms. The van der Waals surface area contributed by atoms with Gasteiger partial charge >= 0.3 is 0 Å². The van der Waals surface area contributed by atoms with Gasteiger partial charge < -0.3 is 4.98 Å². The summed E-state index contributed by atoms with van der Waals surface area (Å²) in [6.45, 7) is 1.95. The van der Waals surface area contributed by atoms with Gasteiger partial charge in [0.15, 0.2) is 0 Å². The van der Waals surface area contributed by atoms with Crippen molar-refractivity contribution in [3.05, 3.63) is 59.7 Å². The second-order valence-electron chi connectivity index (χ2n) is 6.48. The van der Waals surface area contributed by atoms with Gasteiger partial charge in [0.05, 0.1) is 9.92 Å². The Morgan fingerprint density at radius 2 is 1.84 bits per heavy atom. The van der Waals surface area contributed by atoms with E-state index >= 15 is 0 Å². The quantitative estimate of drug-likeness (QED) is 0.760. The molecule has 0 saturated heterocycles. The predicted octanol–water partition coefficient (Wildman–Crippen LogP) is 3.81. The highest BCUT2D eigenvalue weighted by atomic mass is 32.2. The fourth-order valence-corrected chi connectivity index (χ4v) is 5.98. The zero-order valence-corrected chi connectivity index (χ0v) is 15.8. The van der Waals surface area contributed by atoms with Crippen molar-refractivity contribution in [3.8, 4) is 0 Å². The van der Waals surface area contributed by atoms with Crippen molar-refractivity contribution in [2.75, 3.05) is 12.8 Å². The monoisotopic (exact) mass is 372 g/mol. The van der Waals surface area contributed by atoms with Gasteiger partial charge in [0.25, 0.3) is 0 Å². The molecule has 4 nitrogen and oxygen atoms in total. The molecule has 0 radical (unpaired) electrons. The predicted molar refractivity (Wildman–Crippen MR) is 103 cm³/mol. The highest BCUT2D eigenvalue weighted by Gasteiger charge is 2.32. The van der Waals surface area contributed by atoms with E-state index < -0.39 is 10.0 Å². The Balaban J connectivity index is 1.65. The van der Waals surface area contributed by atoms with Gasteiger partial charge in [0.1, 0.15) is 0 Å². The Kier molecular flexibility index (Phi) is 4.14. The molecule has 0 aliphatic carbocycles. The SMILES string of the molecule is Cc1ccc(S(=O)(=O)N(C)[C@@H]2CSc3[nH]c4ccccc4c3C2)cc1. The van der Waals surface area contributed by atoms with E-state index in [0.29, 0.717) is 4.90 Å². The summed E-state index contributed by atoms with van der Waals surface area (Å²) in [7, 11) is -1.79. The zero-order chi connectivity index (χ0) is 17.6. The third-order valence-electron chi connectivity index (χ3n) is 4.85. The summed E-state index contributed by atoms with van der Waals surface area (Å²) >= 11 is 1.70. The smallest absolute Gasteiger partial charge is 0.243 e. The molecule has 0 fully saturated rings. The summed E-state index contributed by atoms with van der Waals surface area (Å²) in [5.74, 6) is 0.751. The van der Waals surface area contributed by atoms with Gasteiger partial charge in [0, 0.05) is 29.7 Å². The second-order valence-corrected chi connectivity index (χ2v) is 9.51. The first-order valence-corrected chi connectivity index (χ1v) is 10.7. The number of rotatable bonds is 3. The molecule has 1 aliphatic heterocycles. The molecule has 3 aromatic rings. The van der Waals surface area contributed by atoms with E-state index in [1.54, 1.807) is 30.9 Å². The first-order valence-electron chi connectivity index (χ1n) is 8.24. The third kappa shape index (κ3) is 2.88. The number of nitrogens with one attached hydrogen (secondary N) is 1. The van der Waals surface area contributed by atoms with Gasteiger partial charge in [-0.1, -0.05) is 35.9 Å². The summed E-state index contributed by atoms with van der Waals surface area (Å²) in [4.78, 5) is 3.80. The van der Waals surface area contributed by atoms with E-state index in [-0.39, 0.29) is 6.04 Å². The molecule has 0 spiro atoms. The van der Waals surface area contributed by atoms with Gasteiger partial charge in [-0.3, -0.25) is 0 Å². The molecule has 1 aliphatic rings. The summed E-state index contributed by atoms with van der Waals surface area (Å²) in [5.41, 5.74) is 3.39. The number of sulfonamides is 1. The number of hydrogen-bond acceptors (Lipinski definition) is 3. The number of likely N-dealkylation sites (N-methyl/N-ethyl adjacent to an activating group) is 1. The maximum atomic E-state index is 13.0. The number of H-pyrrole nitrogens is 1. The van der Waals surface area contributed by atoms with E-state index in [0.717, 1.165) is 23.3 Å². The maximum Gasteiger partial charge on any atom is 0.243 e. The molecule has 2 aromatic carbocycles. The molecule has 4 rings (SSSR count). The molecular weight excluding hydrogens is 352 g/mol. The van der Waals surface area contributed by atoms with Gasteiger partial charge in [-0.2, -0.15) is 4.31 Å². The molecule has 1 aromatic heterocycles. The van der Waals surface area contributed by atoms with Crippen LogP contribution in [0.4, 0.5) is 0 Å². The number of aromatic nitrogens is 1. The Bertz CT molecular complexity index is 1020. The molecule has 0 amide bonds. The fourth-order valence-electron chi connectivity index (χ4n) is 3.28. The molecule has 6 heteroatoms. The van der Waals surface area contributed by atoms with Crippen LogP contribution in [0.25, 0.3) is 10.9 Å². The summed E-state index contributed by atoms with van der Waals surface area (Å²) in [5, 5.41) is 2.36. The highest BCUT2D eigenvalue weighted by molar-refractivity contribution is 7.99. The topological polar surface area (TPSA) is 53.2 Å². The van der Waals surface area contributed by atoms with E-state index in [1.807, 2.05) is 31.2 Å². The number of aromatic amines is 1. The number of fused-ring (bicyclic) bond motifs is 3. The molecule has 2 heterocycles. The lowest BCUT2D eigenvalue weighted by Crippen LogP contribution is -2.41. The van der Waals surface area contributed by atoms with Crippen molar-refractivity contribution >= 4 is 32.7 Å². The number of aryl methyl sites for hydroxylation is 1. The Labute approximate surface area is 152 Å². The van der Waals surface area contributed by atoms with Gasteiger partial charge in [-0.25, -0.2) is 8.42 Å². The molecule has 130 valence electrons. The van der Waals surface area contributed by atoms with E-state index in [2.05, 4.69) is 17.1 Å². The van der Waals surface area contributed by atoms with Crippen molar-refractivity contribution < 1.29 is 8.42 Å². The van der Waals surface area contributed by atoms with Crippen molar-refractivity contribution in [2.24, 2.45) is 0 Å². The van der Waals surface area contributed by atoms with Crippen LogP contribution in [-0.2, 0) is 16.4 Å². The molecular formula is C19H20N2O2S2. The average molecular weight is 373 g/mol. The molecule has 25 heavy (non-hydrogen) atoms. The molecule has 1 N–H and O–H groups in total. The molecule has 0 unspecified atom stereocenters. The van der Waals surface area contributed by atoms with Crippen LogP contribution >= 0.6 is 11.8 Å². The van der Waals surface area contributed by atoms with Crippen LogP contribution in [0.1, 0.15) is 11.1 Å². The van der Waals surface area contributed by atoms with Gasteiger partial charge in [-0.15, -0.1) is 11.8 Å². The van der Waals surface area contributed by atoms with Crippen LogP contribution in [-0.4, -0.2) is 36.5 Å². The van der Waals surface area contributed by atoms with E-state index in [4.69, 9.17) is 0 Å². The standard InChI is InChI=1S/C19H20N2O2S2/c1-13-7-9-15(10-8-13)25(22,23)21(2)14-11-17-16-5-3-4-6-18(16)20-19(17)24-12-14/h3-10,14,20H,11-12H2,1-2H3/t14-/m0/s1. The first-order chi connectivity index (χ1) is 12.0. The van der Waals surface area contributed by atoms with Crippen LogP contribution in [0, 0.1) is 6.92 Å². The van der Waals surface area contributed by atoms with Crippen LogP contribution in [0.15, 0.2) is 58.5 Å².